The van der Waals surface area contributed by atoms with E-state index < -0.39 is 11.8 Å². The zero-order valence-electron chi connectivity index (χ0n) is 15.8. The number of rotatable bonds is 5. The van der Waals surface area contributed by atoms with Crippen LogP contribution in [0.1, 0.15) is 26.3 Å². The third-order valence-corrected chi connectivity index (χ3v) is 4.29. The van der Waals surface area contributed by atoms with E-state index in [0.29, 0.717) is 21.8 Å². The Bertz CT molecular complexity index is 1060. The molecule has 0 saturated carbocycles. The minimum Gasteiger partial charge on any atom is -0.322 e. The van der Waals surface area contributed by atoms with Crippen molar-refractivity contribution in [2.24, 2.45) is 0 Å². The Balaban J connectivity index is 1.51. The minimum absolute atomic E-state index is 0.290. The second kappa shape index (κ2) is 10.0. The summed E-state index contributed by atoms with van der Waals surface area (Å²) in [4.78, 5) is 36.2. The molecule has 0 aliphatic carbocycles. The van der Waals surface area contributed by atoms with Gasteiger partial charge in [-0.05, 0) is 60.2 Å². The van der Waals surface area contributed by atoms with Crippen molar-refractivity contribution in [1.82, 2.24) is 10.9 Å². The zero-order chi connectivity index (χ0) is 21.3. The molecule has 0 fully saturated rings. The van der Waals surface area contributed by atoms with E-state index in [1.807, 2.05) is 30.3 Å². The van der Waals surface area contributed by atoms with E-state index in [9.17, 15) is 14.4 Å². The lowest BCUT2D eigenvalue weighted by Crippen LogP contribution is -2.40. The van der Waals surface area contributed by atoms with Crippen molar-refractivity contribution >= 4 is 41.1 Å². The van der Waals surface area contributed by atoms with Crippen molar-refractivity contribution in [1.29, 1.82) is 0 Å². The van der Waals surface area contributed by atoms with Crippen LogP contribution in [0.3, 0.4) is 0 Å². The van der Waals surface area contributed by atoms with Crippen LogP contribution in [0.2, 0.25) is 5.02 Å². The van der Waals surface area contributed by atoms with Gasteiger partial charge in [0.1, 0.15) is 0 Å². The quantitative estimate of drug-likeness (QED) is 0.430. The maximum absolute atomic E-state index is 12.2. The molecule has 3 amide bonds. The van der Waals surface area contributed by atoms with Crippen LogP contribution in [-0.4, -0.2) is 17.7 Å². The highest BCUT2D eigenvalue weighted by molar-refractivity contribution is 6.30. The third kappa shape index (κ3) is 6.05. The van der Waals surface area contributed by atoms with Gasteiger partial charge in [0, 0.05) is 27.9 Å². The predicted octanol–water partition coefficient (Wildman–Crippen LogP) is 4.07. The van der Waals surface area contributed by atoms with Gasteiger partial charge in [-0.2, -0.15) is 0 Å². The highest BCUT2D eigenvalue weighted by Gasteiger charge is 2.09. The fraction of sp³-hybridized carbons (Fsp3) is 0. The lowest BCUT2D eigenvalue weighted by atomic mass is 10.1. The number of hydrogen-bond donors (Lipinski definition) is 3. The fourth-order valence-corrected chi connectivity index (χ4v) is 2.60. The van der Waals surface area contributed by atoms with Gasteiger partial charge in [0.05, 0.1) is 0 Å². The third-order valence-electron chi connectivity index (χ3n) is 4.04. The number of hydrogen-bond acceptors (Lipinski definition) is 3. The van der Waals surface area contributed by atoms with Crippen LogP contribution in [0.4, 0.5) is 5.69 Å². The Hall–Kier alpha value is -3.90. The molecule has 0 saturated heterocycles. The monoisotopic (exact) mass is 419 g/mol. The summed E-state index contributed by atoms with van der Waals surface area (Å²) < 4.78 is 0. The van der Waals surface area contributed by atoms with Crippen LogP contribution in [0, 0.1) is 0 Å². The molecule has 0 aliphatic rings. The van der Waals surface area contributed by atoms with Gasteiger partial charge in [0.15, 0.2) is 0 Å². The molecule has 0 aliphatic heterocycles. The Morgan fingerprint density at radius 1 is 0.700 bits per heavy atom. The Labute approximate surface area is 178 Å². The summed E-state index contributed by atoms with van der Waals surface area (Å²) in [7, 11) is 0. The van der Waals surface area contributed by atoms with Gasteiger partial charge in [-0.1, -0.05) is 41.9 Å². The normalized spacial score (nSPS) is 10.4. The molecular formula is C23H18ClN3O3. The Morgan fingerprint density at radius 2 is 1.30 bits per heavy atom. The minimum atomic E-state index is -0.480. The van der Waals surface area contributed by atoms with E-state index in [2.05, 4.69) is 16.2 Å². The van der Waals surface area contributed by atoms with Crippen LogP contribution >= 0.6 is 11.6 Å². The number of amides is 3. The number of nitrogens with one attached hydrogen (secondary N) is 3. The average Bonchev–Trinajstić information content (AvgIpc) is 2.77. The molecule has 0 radical (unpaired) electrons. The van der Waals surface area contributed by atoms with E-state index in [4.69, 9.17) is 11.6 Å². The maximum atomic E-state index is 12.2. The first-order chi connectivity index (χ1) is 14.5. The van der Waals surface area contributed by atoms with Crippen molar-refractivity contribution in [3.63, 3.8) is 0 Å². The van der Waals surface area contributed by atoms with Crippen molar-refractivity contribution in [2.75, 3.05) is 5.32 Å². The second-order valence-corrected chi connectivity index (χ2v) is 6.66. The molecule has 0 unspecified atom stereocenters. The molecule has 30 heavy (non-hydrogen) atoms. The van der Waals surface area contributed by atoms with Gasteiger partial charge in [-0.25, -0.2) is 0 Å². The number of anilines is 1. The van der Waals surface area contributed by atoms with Gasteiger partial charge in [0.2, 0.25) is 0 Å². The molecule has 7 heteroatoms. The van der Waals surface area contributed by atoms with Gasteiger partial charge in [0.25, 0.3) is 17.7 Å². The number of carbonyl (C=O) groups is 3. The molecular weight excluding hydrogens is 402 g/mol. The maximum Gasteiger partial charge on any atom is 0.269 e. The van der Waals surface area contributed by atoms with Crippen LogP contribution in [-0.2, 0) is 4.79 Å². The van der Waals surface area contributed by atoms with Crippen molar-refractivity contribution in [3.8, 4) is 0 Å². The first-order valence-corrected chi connectivity index (χ1v) is 9.39. The summed E-state index contributed by atoms with van der Waals surface area (Å²) in [6.07, 6.45) is 2.96. The van der Waals surface area contributed by atoms with Crippen LogP contribution in [0.15, 0.2) is 84.9 Å². The molecule has 0 aromatic heterocycles. The molecule has 0 atom stereocenters. The summed E-state index contributed by atoms with van der Waals surface area (Å²) in [6, 6.07) is 22.1. The lowest BCUT2D eigenvalue weighted by Gasteiger charge is -2.08. The van der Waals surface area contributed by atoms with Crippen LogP contribution in [0.5, 0.6) is 0 Å². The summed E-state index contributed by atoms with van der Waals surface area (Å²) in [5, 5.41) is 3.28. The number of benzene rings is 3. The van der Waals surface area contributed by atoms with E-state index in [1.54, 1.807) is 54.6 Å². The van der Waals surface area contributed by atoms with Crippen LogP contribution in [0.25, 0.3) is 6.08 Å². The van der Waals surface area contributed by atoms with Gasteiger partial charge in [-0.15, -0.1) is 0 Å². The summed E-state index contributed by atoms with van der Waals surface area (Å²) in [6.45, 7) is 0. The molecule has 3 N–H and O–H groups in total. The highest BCUT2D eigenvalue weighted by atomic mass is 35.5. The van der Waals surface area contributed by atoms with Crippen molar-refractivity contribution in [2.45, 2.75) is 0 Å². The molecule has 0 bridgehead atoms. The van der Waals surface area contributed by atoms with Crippen molar-refractivity contribution < 1.29 is 14.4 Å². The molecule has 3 aromatic rings. The Morgan fingerprint density at radius 3 is 1.97 bits per heavy atom. The van der Waals surface area contributed by atoms with E-state index >= 15 is 0 Å². The van der Waals surface area contributed by atoms with Gasteiger partial charge >= 0.3 is 0 Å². The van der Waals surface area contributed by atoms with Gasteiger partial charge in [-0.3, -0.25) is 25.2 Å². The number of carbonyl (C=O) groups excluding carboxylic acids is 3. The average molecular weight is 420 g/mol. The second-order valence-electron chi connectivity index (χ2n) is 6.23. The standard InChI is InChI=1S/C23H18ClN3O3/c24-19-11-7-17(8-12-19)22(29)25-20-13-9-18(10-14-20)23(30)27-26-21(28)15-6-16-4-2-1-3-5-16/h1-15H,(H,25,29)(H,26,28)(H,27,30)/b15-6+. The first-order valence-electron chi connectivity index (χ1n) is 9.02. The lowest BCUT2D eigenvalue weighted by molar-refractivity contribution is -0.117. The predicted molar refractivity (Wildman–Crippen MR) is 117 cm³/mol. The molecule has 6 nitrogen and oxygen atoms in total. The van der Waals surface area contributed by atoms with Gasteiger partial charge < -0.3 is 5.32 Å². The molecule has 0 heterocycles. The zero-order valence-corrected chi connectivity index (χ0v) is 16.5. The summed E-state index contributed by atoms with van der Waals surface area (Å²) >= 11 is 5.81. The molecule has 0 spiro atoms. The smallest absolute Gasteiger partial charge is 0.269 e. The van der Waals surface area contributed by atoms with E-state index in [1.165, 1.54) is 6.08 Å². The van der Waals surface area contributed by atoms with Crippen LogP contribution < -0.4 is 16.2 Å². The number of halogens is 1. The van der Waals surface area contributed by atoms with Crippen molar-refractivity contribution in [3.05, 3.63) is 107 Å². The number of hydrazine groups is 1. The topological polar surface area (TPSA) is 87.3 Å². The summed E-state index contributed by atoms with van der Waals surface area (Å²) in [5.41, 5.74) is 6.85. The molecule has 3 aromatic carbocycles. The highest BCUT2D eigenvalue weighted by Crippen LogP contribution is 2.13. The largest absolute Gasteiger partial charge is 0.322 e. The molecule has 3 rings (SSSR count). The van der Waals surface area contributed by atoms with E-state index in [0.717, 1.165) is 5.56 Å². The fourth-order valence-electron chi connectivity index (χ4n) is 2.48. The first kappa shape index (κ1) is 20.8. The Kier molecular flexibility index (Phi) is 6.97. The molecule has 150 valence electrons. The summed E-state index contributed by atoms with van der Waals surface area (Å²) in [5.74, 6) is -1.23. The SMILES string of the molecule is O=C(/C=C/c1ccccc1)NNC(=O)c1ccc(NC(=O)c2ccc(Cl)cc2)cc1. The van der Waals surface area contributed by atoms with E-state index in [-0.39, 0.29) is 5.91 Å².